The van der Waals surface area contributed by atoms with Crippen LogP contribution in [0.4, 0.5) is 0 Å². The van der Waals surface area contributed by atoms with E-state index in [1.807, 2.05) is 11.8 Å². The first-order valence-electron chi connectivity index (χ1n) is 8.41. The monoisotopic (exact) mass is 329 g/mol. The maximum atomic E-state index is 12.7. The summed E-state index contributed by atoms with van der Waals surface area (Å²) >= 11 is 0. The van der Waals surface area contributed by atoms with Crippen molar-refractivity contribution < 1.29 is 13.6 Å². The van der Waals surface area contributed by atoms with Crippen LogP contribution in [-0.4, -0.2) is 53.9 Å². The molecular weight excluding hydrogens is 306 g/mol. The molecule has 0 unspecified atom stereocenters. The summed E-state index contributed by atoms with van der Waals surface area (Å²) in [5.74, 6) is 2.41. The van der Waals surface area contributed by atoms with Gasteiger partial charge in [0.1, 0.15) is 5.76 Å². The second kappa shape index (κ2) is 5.48. The minimum Gasteiger partial charge on any atom is -0.459 e. The normalized spacial score (nSPS) is 27.0. The third kappa shape index (κ3) is 2.55. The molecule has 2 atom stereocenters. The number of nitrogens with zero attached hydrogens (tertiary/aromatic N) is 3. The molecule has 2 aliphatic rings. The average Bonchev–Trinajstić information content (AvgIpc) is 3.23. The number of hydrogen-bond donors (Lipinski definition) is 0. The number of hydrogen-bond acceptors (Lipinski definition) is 5. The molecule has 0 N–H and O–H groups in total. The number of carbonyl (C=O) groups excluding carboxylic acids is 1. The molecule has 128 valence electrons. The maximum absolute atomic E-state index is 12.7. The molecule has 24 heavy (non-hydrogen) atoms. The third-order valence-electron chi connectivity index (χ3n) is 5.44. The van der Waals surface area contributed by atoms with E-state index in [1.165, 1.54) is 0 Å². The van der Waals surface area contributed by atoms with Crippen molar-refractivity contribution >= 4 is 5.91 Å². The van der Waals surface area contributed by atoms with Gasteiger partial charge in [0.2, 0.25) is 5.91 Å². The number of fused-ring (bicyclic) bond motifs is 1. The number of furan rings is 1. The molecular formula is C18H23N3O3. The topological polar surface area (TPSA) is 62.7 Å². The van der Waals surface area contributed by atoms with Crippen LogP contribution in [0.5, 0.6) is 0 Å². The molecule has 2 aromatic rings. The highest BCUT2D eigenvalue weighted by atomic mass is 16.4. The van der Waals surface area contributed by atoms with Crippen molar-refractivity contribution in [3.8, 4) is 11.7 Å². The molecule has 6 heteroatoms. The first kappa shape index (κ1) is 15.4. The van der Waals surface area contributed by atoms with E-state index in [0.29, 0.717) is 29.0 Å². The highest BCUT2D eigenvalue weighted by Crippen LogP contribution is 2.41. The van der Waals surface area contributed by atoms with Gasteiger partial charge in [0.05, 0.1) is 18.4 Å². The number of aromatic nitrogens is 1. The third-order valence-corrected chi connectivity index (χ3v) is 5.44. The number of aryl methyl sites for hydroxylation is 1. The summed E-state index contributed by atoms with van der Waals surface area (Å²) < 4.78 is 11.0. The van der Waals surface area contributed by atoms with Gasteiger partial charge >= 0.3 is 0 Å². The van der Waals surface area contributed by atoms with Gasteiger partial charge in [-0.05, 0) is 32.0 Å². The molecule has 0 aromatic carbocycles. The lowest BCUT2D eigenvalue weighted by atomic mass is 9.83. The summed E-state index contributed by atoms with van der Waals surface area (Å²) in [6, 6.07) is 3.59. The highest BCUT2D eigenvalue weighted by molar-refractivity contribution is 5.79. The second-order valence-electron chi connectivity index (χ2n) is 7.50. The van der Waals surface area contributed by atoms with Crippen molar-refractivity contribution in [1.29, 1.82) is 0 Å². The zero-order valence-electron chi connectivity index (χ0n) is 14.4. The van der Waals surface area contributed by atoms with Crippen molar-refractivity contribution in [2.24, 2.45) is 11.3 Å². The number of amides is 1. The van der Waals surface area contributed by atoms with Gasteiger partial charge in [0, 0.05) is 31.6 Å². The Morgan fingerprint density at radius 2 is 2.25 bits per heavy atom. The van der Waals surface area contributed by atoms with Gasteiger partial charge < -0.3 is 18.6 Å². The predicted molar refractivity (Wildman–Crippen MR) is 88.3 cm³/mol. The van der Waals surface area contributed by atoms with Crippen LogP contribution >= 0.6 is 0 Å². The van der Waals surface area contributed by atoms with Crippen molar-refractivity contribution in [3.05, 3.63) is 29.9 Å². The Hall–Kier alpha value is -2.08. The molecule has 2 fully saturated rings. The minimum absolute atomic E-state index is 0.135. The van der Waals surface area contributed by atoms with Crippen LogP contribution in [-0.2, 0) is 11.2 Å². The molecule has 6 nitrogen and oxygen atoms in total. The standard InChI is InChI=1S/C18H23N3O3/c1-12-14(19-17(24-12)15-5-4-6-23-15)7-16(22)21-9-13-8-20(3)10-18(13,2)11-21/h4-6,13H,7-11H2,1-3H3/t13-,18+/m1/s1. The van der Waals surface area contributed by atoms with Gasteiger partial charge in [-0.3, -0.25) is 4.79 Å². The van der Waals surface area contributed by atoms with Crippen LogP contribution in [0.2, 0.25) is 0 Å². The first-order chi connectivity index (χ1) is 11.4. The second-order valence-corrected chi connectivity index (χ2v) is 7.50. The highest BCUT2D eigenvalue weighted by Gasteiger charge is 2.49. The van der Waals surface area contributed by atoms with Gasteiger partial charge in [-0.2, -0.15) is 0 Å². The average molecular weight is 329 g/mol. The van der Waals surface area contributed by atoms with Crippen LogP contribution in [0.25, 0.3) is 11.7 Å². The van der Waals surface area contributed by atoms with E-state index < -0.39 is 0 Å². The number of likely N-dealkylation sites (tertiary alicyclic amines) is 2. The summed E-state index contributed by atoms with van der Waals surface area (Å²) in [6.45, 7) is 7.96. The van der Waals surface area contributed by atoms with E-state index in [4.69, 9.17) is 8.83 Å². The van der Waals surface area contributed by atoms with Gasteiger partial charge in [-0.1, -0.05) is 6.92 Å². The molecule has 0 radical (unpaired) electrons. The Morgan fingerprint density at radius 3 is 2.96 bits per heavy atom. The summed E-state index contributed by atoms with van der Waals surface area (Å²) in [6.07, 6.45) is 1.87. The molecule has 1 amide bonds. The van der Waals surface area contributed by atoms with Crippen molar-refractivity contribution in [3.63, 3.8) is 0 Å². The van der Waals surface area contributed by atoms with E-state index in [9.17, 15) is 4.79 Å². The lowest BCUT2D eigenvalue weighted by Crippen LogP contribution is -2.35. The molecule has 2 saturated heterocycles. The van der Waals surface area contributed by atoms with Crippen LogP contribution in [0.15, 0.2) is 27.2 Å². The number of rotatable bonds is 3. The Morgan fingerprint density at radius 1 is 1.42 bits per heavy atom. The minimum atomic E-state index is 0.135. The van der Waals surface area contributed by atoms with Crippen molar-refractivity contribution in [2.45, 2.75) is 20.3 Å². The molecule has 0 bridgehead atoms. The summed E-state index contributed by atoms with van der Waals surface area (Å²) in [4.78, 5) is 21.5. The van der Waals surface area contributed by atoms with Gasteiger partial charge in [-0.25, -0.2) is 4.98 Å². The molecule has 4 rings (SSSR count). The molecule has 0 spiro atoms. The summed E-state index contributed by atoms with van der Waals surface area (Å²) in [5.41, 5.74) is 0.925. The lowest BCUT2D eigenvalue weighted by molar-refractivity contribution is -0.130. The quantitative estimate of drug-likeness (QED) is 0.864. The first-order valence-corrected chi connectivity index (χ1v) is 8.41. The van der Waals surface area contributed by atoms with E-state index in [0.717, 1.165) is 26.2 Å². The van der Waals surface area contributed by atoms with Crippen molar-refractivity contribution in [2.75, 3.05) is 33.2 Å². The predicted octanol–water partition coefficient (Wildman–Crippen LogP) is 2.20. The van der Waals surface area contributed by atoms with Crippen LogP contribution < -0.4 is 0 Å². The Kier molecular flexibility index (Phi) is 3.53. The largest absolute Gasteiger partial charge is 0.459 e. The smallest absolute Gasteiger partial charge is 0.263 e. The maximum Gasteiger partial charge on any atom is 0.263 e. The number of carbonyl (C=O) groups is 1. The zero-order chi connectivity index (χ0) is 16.9. The van der Waals surface area contributed by atoms with Crippen LogP contribution in [0.3, 0.4) is 0 Å². The number of oxazole rings is 1. The van der Waals surface area contributed by atoms with Crippen LogP contribution in [0, 0.1) is 18.3 Å². The molecule has 0 saturated carbocycles. The van der Waals surface area contributed by atoms with E-state index >= 15 is 0 Å². The van der Waals surface area contributed by atoms with E-state index in [1.54, 1.807) is 18.4 Å². The SMILES string of the molecule is Cc1oc(-c2ccco2)nc1CC(=O)N1C[C@H]2CN(C)C[C@@]2(C)C1. The van der Waals surface area contributed by atoms with E-state index in [-0.39, 0.29) is 17.7 Å². The van der Waals surface area contributed by atoms with Crippen molar-refractivity contribution in [1.82, 2.24) is 14.8 Å². The fourth-order valence-corrected chi connectivity index (χ4v) is 4.17. The summed E-state index contributed by atoms with van der Waals surface area (Å²) in [7, 11) is 2.16. The van der Waals surface area contributed by atoms with Gasteiger partial charge in [0.15, 0.2) is 5.76 Å². The molecule has 0 aliphatic carbocycles. The van der Waals surface area contributed by atoms with E-state index in [2.05, 4.69) is 23.9 Å². The van der Waals surface area contributed by atoms with Crippen LogP contribution in [0.1, 0.15) is 18.4 Å². The molecule has 4 heterocycles. The fraction of sp³-hybridized carbons (Fsp3) is 0.556. The fourth-order valence-electron chi connectivity index (χ4n) is 4.17. The zero-order valence-corrected chi connectivity index (χ0v) is 14.4. The molecule has 2 aromatic heterocycles. The Bertz CT molecular complexity index is 752. The summed E-state index contributed by atoms with van der Waals surface area (Å²) in [5, 5.41) is 0. The lowest BCUT2D eigenvalue weighted by Gasteiger charge is -2.23. The Labute approximate surface area is 141 Å². The van der Waals surface area contributed by atoms with Gasteiger partial charge in [0.25, 0.3) is 5.89 Å². The van der Waals surface area contributed by atoms with Gasteiger partial charge in [-0.15, -0.1) is 0 Å². The Balaban J connectivity index is 1.46. The molecule has 2 aliphatic heterocycles.